The summed E-state index contributed by atoms with van der Waals surface area (Å²) in [4.78, 5) is 0. The molecule has 6 heteroatoms. The minimum absolute atomic E-state index is 0.388. The van der Waals surface area contributed by atoms with Crippen LogP contribution in [0.15, 0.2) is 53.6 Å². The van der Waals surface area contributed by atoms with Crippen molar-refractivity contribution in [3.63, 3.8) is 0 Å². The minimum Gasteiger partial charge on any atom is -0.493 e. The van der Waals surface area contributed by atoms with Crippen molar-refractivity contribution < 1.29 is 9.47 Å². The Labute approximate surface area is 134 Å². The number of benzene rings is 2. The van der Waals surface area contributed by atoms with Crippen LogP contribution in [-0.4, -0.2) is 25.5 Å². The number of nitrogens with zero attached hydrogens (tertiary/aromatic N) is 1. The summed E-state index contributed by atoms with van der Waals surface area (Å²) >= 11 is 5.18. The van der Waals surface area contributed by atoms with E-state index in [2.05, 4.69) is 15.8 Å². The second-order valence-corrected chi connectivity index (χ2v) is 4.71. The average Bonchev–Trinajstić information content (AvgIpc) is 2.55. The van der Waals surface area contributed by atoms with Gasteiger partial charge in [0, 0.05) is 11.8 Å². The van der Waals surface area contributed by atoms with Gasteiger partial charge in [0.15, 0.2) is 16.6 Å². The third-order valence-corrected chi connectivity index (χ3v) is 3.01. The molecule has 0 unspecified atom stereocenters. The monoisotopic (exact) mass is 315 g/mol. The van der Waals surface area contributed by atoms with Gasteiger partial charge in [-0.3, -0.25) is 5.43 Å². The molecule has 0 aromatic heterocycles. The van der Waals surface area contributed by atoms with Crippen molar-refractivity contribution in [2.45, 2.75) is 0 Å². The molecule has 0 bridgehead atoms. The van der Waals surface area contributed by atoms with Crippen LogP contribution in [0.3, 0.4) is 0 Å². The number of hydrogen-bond acceptors (Lipinski definition) is 4. The van der Waals surface area contributed by atoms with Gasteiger partial charge in [0.2, 0.25) is 0 Å². The van der Waals surface area contributed by atoms with Crippen molar-refractivity contribution in [2.24, 2.45) is 5.10 Å². The van der Waals surface area contributed by atoms with Crippen LogP contribution in [0.2, 0.25) is 0 Å². The van der Waals surface area contributed by atoms with Crippen LogP contribution in [-0.2, 0) is 0 Å². The zero-order valence-corrected chi connectivity index (χ0v) is 13.2. The van der Waals surface area contributed by atoms with Gasteiger partial charge >= 0.3 is 0 Å². The Morgan fingerprint density at radius 2 is 1.77 bits per heavy atom. The fraction of sp³-hybridized carbons (Fsp3) is 0.125. The van der Waals surface area contributed by atoms with E-state index in [1.807, 2.05) is 36.4 Å². The smallest absolute Gasteiger partial charge is 0.191 e. The summed E-state index contributed by atoms with van der Waals surface area (Å²) in [7, 11) is 3.18. The van der Waals surface area contributed by atoms with Crippen LogP contribution in [0.1, 0.15) is 5.56 Å². The quantitative estimate of drug-likeness (QED) is 0.505. The molecule has 22 heavy (non-hydrogen) atoms. The number of nitrogens with one attached hydrogen (secondary N) is 2. The molecule has 0 aliphatic carbocycles. The maximum absolute atomic E-state index is 5.24. The summed E-state index contributed by atoms with van der Waals surface area (Å²) in [5, 5.41) is 7.49. The third kappa shape index (κ3) is 4.46. The van der Waals surface area contributed by atoms with Gasteiger partial charge in [-0.25, -0.2) is 0 Å². The minimum atomic E-state index is 0.388. The molecule has 2 aromatic carbocycles. The van der Waals surface area contributed by atoms with Crippen molar-refractivity contribution in [1.29, 1.82) is 0 Å². The first-order valence-corrected chi connectivity index (χ1v) is 7.01. The molecule has 2 aromatic rings. The highest BCUT2D eigenvalue weighted by molar-refractivity contribution is 7.80. The molecule has 0 spiro atoms. The predicted molar refractivity (Wildman–Crippen MR) is 92.9 cm³/mol. The van der Waals surface area contributed by atoms with Crippen molar-refractivity contribution in [1.82, 2.24) is 5.43 Å². The van der Waals surface area contributed by atoms with Crippen LogP contribution < -0.4 is 20.2 Å². The zero-order chi connectivity index (χ0) is 15.8. The molecule has 2 N–H and O–H groups in total. The number of hydrazone groups is 1. The summed E-state index contributed by atoms with van der Waals surface area (Å²) in [5.74, 6) is 1.29. The van der Waals surface area contributed by atoms with Crippen LogP contribution in [0.25, 0.3) is 0 Å². The van der Waals surface area contributed by atoms with E-state index >= 15 is 0 Å². The molecule has 0 heterocycles. The van der Waals surface area contributed by atoms with E-state index in [0.717, 1.165) is 11.3 Å². The summed E-state index contributed by atoms with van der Waals surface area (Å²) < 4.78 is 10.4. The lowest BCUT2D eigenvalue weighted by Crippen LogP contribution is -2.23. The van der Waals surface area contributed by atoms with E-state index < -0.39 is 0 Å². The van der Waals surface area contributed by atoms with Crippen molar-refractivity contribution in [2.75, 3.05) is 19.5 Å². The maximum atomic E-state index is 5.24. The molecular formula is C16H17N3O2S. The van der Waals surface area contributed by atoms with Crippen LogP contribution in [0.5, 0.6) is 11.5 Å². The number of rotatable bonds is 5. The van der Waals surface area contributed by atoms with E-state index in [0.29, 0.717) is 16.6 Å². The summed E-state index contributed by atoms with van der Waals surface area (Å²) in [5.41, 5.74) is 4.54. The molecule has 0 fully saturated rings. The highest BCUT2D eigenvalue weighted by Gasteiger charge is 2.05. The zero-order valence-electron chi connectivity index (χ0n) is 12.4. The van der Waals surface area contributed by atoms with Gasteiger partial charge < -0.3 is 14.8 Å². The Bertz CT molecular complexity index is 660. The Kier molecular flexibility index (Phi) is 5.73. The van der Waals surface area contributed by atoms with Crippen molar-refractivity contribution in [3.8, 4) is 11.5 Å². The third-order valence-electron chi connectivity index (χ3n) is 2.82. The highest BCUT2D eigenvalue weighted by atomic mass is 32.1. The van der Waals surface area contributed by atoms with E-state index in [1.54, 1.807) is 32.6 Å². The molecule has 2 rings (SSSR count). The average molecular weight is 315 g/mol. The second-order valence-electron chi connectivity index (χ2n) is 4.30. The van der Waals surface area contributed by atoms with Gasteiger partial charge in [-0.1, -0.05) is 30.3 Å². The first-order chi connectivity index (χ1) is 10.7. The number of methoxy groups -OCH3 is 2. The standard InChI is InChI=1S/C16H17N3O2S/c1-20-14-9-8-13(10-15(14)21-2)18-16(22)19-17-11-12-6-4-3-5-7-12/h3-11H,1-2H3,(H2,18,19,22). The molecular weight excluding hydrogens is 298 g/mol. The first-order valence-electron chi connectivity index (χ1n) is 6.60. The lowest BCUT2D eigenvalue weighted by Gasteiger charge is -2.11. The normalized spacial score (nSPS) is 10.3. The van der Waals surface area contributed by atoms with E-state index in [1.165, 1.54) is 0 Å². The Morgan fingerprint density at radius 1 is 1.05 bits per heavy atom. The molecule has 0 saturated heterocycles. The van der Waals surface area contributed by atoms with Crippen LogP contribution >= 0.6 is 12.2 Å². The molecule has 0 aliphatic rings. The Hall–Kier alpha value is -2.60. The molecule has 0 saturated carbocycles. The van der Waals surface area contributed by atoms with E-state index in [9.17, 15) is 0 Å². The van der Waals surface area contributed by atoms with Crippen molar-refractivity contribution >= 4 is 29.2 Å². The molecule has 5 nitrogen and oxygen atoms in total. The van der Waals surface area contributed by atoms with Gasteiger partial charge in [0.25, 0.3) is 0 Å². The van der Waals surface area contributed by atoms with Crippen molar-refractivity contribution in [3.05, 3.63) is 54.1 Å². The van der Waals surface area contributed by atoms with Gasteiger partial charge in [0.05, 0.1) is 20.4 Å². The largest absolute Gasteiger partial charge is 0.493 e. The maximum Gasteiger partial charge on any atom is 0.191 e. The van der Waals surface area contributed by atoms with E-state index in [4.69, 9.17) is 21.7 Å². The predicted octanol–water partition coefficient (Wildman–Crippen LogP) is 3.02. The first kappa shape index (κ1) is 15.8. The number of ether oxygens (including phenoxy) is 2. The Balaban J connectivity index is 1.93. The molecule has 114 valence electrons. The molecule has 0 atom stereocenters. The SMILES string of the molecule is COc1ccc(NC(=S)NN=Cc2ccccc2)cc1OC. The summed E-state index contributed by atoms with van der Waals surface area (Å²) in [6.45, 7) is 0. The summed E-state index contributed by atoms with van der Waals surface area (Å²) in [6, 6.07) is 15.2. The fourth-order valence-corrected chi connectivity index (χ4v) is 1.95. The molecule has 0 radical (unpaired) electrons. The lowest BCUT2D eigenvalue weighted by molar-refractivity contribution is 0.355. The molecule has 0 amide bonds. The Morgan fingerprint density at radius 3 is 2.45 bits per heavy atom. The van der Waals surface area contributed by atoms with Gasteiger partial charge in [-0.15, -0.1) is 0 Å². The summed E-state index contributed by atoms with van der Waals surface area (Å²) in [6.07, 6.45) is 1.70. The highest BCUT2D eigenvalue weighted by Crippen LogP contribution is 2.29. The van der Waals surface area contributed by atoms with Gasteiger partial charge in [-0.05, 0) is 29.9 Å². The number of anilines is 1. The van der Waals surface area contributed by atoms with E-state index in [-0.39, 0.29) is 0 Å². The molecule has 0 aliphatic heterocycles. The van der Waals surface area contributed by atoms with Crippen LogP contribution in [0, 0.1) is 0 Å². The van der Waals surface area contributed by atoms with Crippen LogP contribution in [0.4, 0.5) is 5.69 Å². The fourth-order valence-electron chi connectivity index (χ4n) is 1.78. The number of thiocarbonyl (C=S) groups is 1. The lowest BCUT2D eigenvalue weighted by atomic mass is 10.2. The topological polar surface area (TPSA) is 54.9 Å². The number of hydrogen-bond donors (Lipinski definition) is 2. The second kappa shape index (κ2) is 7.99. The van der Waals surface area contributed by atoms with Gasteiger partial charge in [-0.2, -0.15) is 5.10 Å². The van der Waals surface area contributed by atoms with Gasteiger partial charge in [0.1, 0.15) is 0 Å².